The van der Waals surface area contributed by atoms with Crippen LogP contribution in [-0.2, 0) is 6.42 Å². The summed E-state index contributed by atoms with van der Waals surface area (Å²) in [7, 11) is 0. The number of amides is 1. The van der Waals surface area contributed by atoms with Crippen LogP contribution in [0.4, 0.5) is 4.39 Å². The zero-order valence-corrected chi connectivity index (χ0v) is 11.2. The van der Waals surface area contributed by atoms with Crippen molar-refractivity contribution >= 4 is 5.91 Å². The fourth-order valence-corrected chi connectivity index (χ4v) is 1.94. The average molecular weight is 272 g/mol. The molecule has 3 nitrogen and oxygen atoms in total. The minimum absolute atomic E-state index is 0.121. The van der Waals surface area contributed by atoms with E-state index in [2.05, 4.69) is 10.3 Å². The lowest BCUT2D eigenvalue weighted by molar-refractivity contribution is 0.0952. The van der Waals surface area contributed by atoms with E-state index in [4.69, 9.17) is 0 Å². The average Bonchev–Trinajstić information content (AvgIpc) is 2.49. The number of aryl methyl sites for hydroxylation is 1. The molecule has 0 aliphatic rings. The van der Waals surface area contributed by atoms with Crippen LogP contribution < -0.4 is 5.32 Å². The Balaban J connectivity index is 1.67. The third kappa shape index (κ3) is 4.16. The van der Waals surface area contributed by atoms with Crippen LogP contribution in [0.15, 0.2) is 48.8 Å². The zero-order valence-electron chi connectivity index (χ0n) is 11.2. The van der Waals surface area contributed by atoms with Gasteiger partial charge in [0.1, 0.15) is 5.82 Å². The molecule has 0 aliphatic heterocycles. The molecule has 4 heteroatoms. The van der Waals surface area contributed by atoms with Gasteiger partial charge in [-0.15, -0.1) is 0 Å². The molecule has 0 saturated carbocycles. The van der Waals surface area contributed by atoms with Gasteiger partial charge >= 0.3 is 0 Å². The molecule has 0 spiro atoms. The van der Waals surface area contributed by atoms with Gasteiger partial charge in [-0.2, -0.15) is 0 Å². The molecule has 1 amide bonds. The lowest BCUT2D eigenvalue weighted by atomic mass is 10.1. The highest BCUT2D eigenvalue weighted by atomic mass is 19.1. The van der Waals surface area contributed by atoms with Crippen molar-refractivity contribution in [3.05, 3.63) is 65.7 Å². The third-order valence-electron chi connectivity index (χ3n) is 3.04. The number of aromatic nitrogens is 1. The summed E-state index contributed by atoms with van der Waals surface area (Å²) in [5.41, 5.74) is 1.28. The SMILES string of the molecule is O=C(NCCCCc1ccccc1F)c1cccnc1. The van der Waals surface area contributed by atoms with E-state index < -0.39 is 0 Å². The fraction of sp³-hybridized carbons (Fsp3) is 0.250. The molecule has 1 aromatic heterocycles. The molecular weight excluding hydrogens is 255 g/mol. The summed E-state index contributed by atoms with van der Waals surface area (Å²) in [5, 5.41) is 2.83. The summed E-state index contributed by atoms with van der Waals surface area (Å²) in [6, 6.07) is 10.2. The van der Waals surface area contributed by atoms with Crippen LogP contribution in [0, 0.1) is 5.82 Å². The zero-order chi connectivity index (χ0) is 14.2. The van der Waals surface area contributed by atoms with E-state index in [-0.39, 0.29) is 11.7 Å². The number of nitrogens with one attached hydrogen (secondary N) is 1. The van der Waals surface area contributed by atoms with Crippen LogP contribution in [0.1, 0.15) is 28.8 Å². The van der Waals surface area contributed by atoms with Crippen molar-refractivity contribution in [2.45, 2.75) is 19.3 Å². The Hall–Kier alpha value is -2.23. The van der Waals surface area contributed by atoms with Gasteiger partial charge in [-0.25, -0.2) is 4.39 Å². The van der Waals surface area contributed by atoms with Crippen molar-refractivity contribution in [2.75, 3.05) is 6.54 Å². The molecule has 0 bridgehead atoms. The topological polar surface area (TPSA) is 42.0 Å². The Labute approximate surface area is 117 Å². The molecule has 0 aliphatic carbocycles. The Morgan fingerprint density at radius 1 is 1.15 bits per heavy atom. The van der Waals surface area contributed by atoms with Gasteiger partial charge in [0, 0.05) is 18.9 Å². The maximum atomic E-state index is 13.4. The summed E-state index contributed by atoms with van der Waals surface area (Å²) in [4.78, 5) is 15.6. The van der Waals surface area contributed by atoms with Crippen molar-refractivity contribution in [1.82, 2.24) is 10.3 Å². The van der Waals surface area contributed by atoms with Crippen LogP contribution in [-0.4, -0.2) is 17.4 Å². The Bertz CT molecular complexity index is 557. The lowest BCUT2D eigenvalue weighted by Crippen LogP contribution is -2.24. The van der Waals surface area contributed by atoms with Crippen LogP contribution >= 0.6 is 0 Å². The van der Waals surface area contributed by atoms with Gasteiger partial charge in [0.15, 0.2) is 0 Å². The first kappa shape index (κ1) is 14.2. The maximum absolute atomic E-state index is 13.4. The summed E-state index contributed by atoms with van der Waals surface area (Å²) in [6.07, 6.45) is 5.52. The third-order valence-corrected chi connectivity index (χ3v) is 3.04. The highest BCUT2D eigenvalue weighted by Gasteiger charge is 2.04. The second kappa shape index (κ2) is 7.38. The Kier molecular flexibility index (Phi) is 5.24. The molecule has 1 aromatic carbocycles. The van der Waals surface area contributed by atoms with Crippen molar-refractivity contribution in [1.29, 1.82) is 0 Å². The minimum atomic E-state index is -0.160. The fourth-order valence-electron chi connectivity index (χ4n) is 1.94. The number of unbranched alkanes of at least 4 members (excludes halogenated alkanes) is 1. The van der Waals surface area contributed by atoms with Crippen molar-refractivity contribution in [3.8, 4) is 0 Å². The van der Waals surface area contributed by atoms with Crippen molar-refractivity contribution in [2.24, 2.45) is 0 Å². The smallest absolute Gasteiger partial charge is 0.252 e. The van der Waals surface area contributed by atoms with E-state index in [1.54, 1.807) is 30.5 Å². The number of rotatable bonds is 6. The molecule has 0 radical (unpaired) electrons. The molecule has 1 N–H and O–H groups in total. The lowest BCUT2D eigenvalue weighted by Gasteiger charge is -2.05. The molecule has 0 saturated heterocycles. The molecule has 1 heterocycles. The van der Waals surface area contributed by atoms with Gasteiger partial charge in [-0.1, -0.05) is 18.2 Å². The van der Waals surface area contributed by atoms with E-state index in [1.807, 2.05) is 6.07 Å². The van der Waals surface area contributed by atoms with E-state index in [1.165, 1.54) is 12.3 Å². The summed E-state index contributed by atoms with van der Waals surface area (Å²) in [5.74, 6) is -0.282. The number of carbonyl (C=O) groups is 1. The standard InChI is InChI=1S/C16H17FN2O/c17-15-9-2-1-6-13(15)7-3-4-11-19-16(20)14-8-5-10-18-12-14/h1-2,5-6,8-10,12H,3-4,7,11H2,(H,19,20). The second-order valence-corrected chi connectivity index (χ2v) is 4.55. The number of hydrogen-bond acceptors (Lipinski definition) is 2. The highest BCUT2D eigenvalue weighted by molar-refractivity contribution is 5.93. The van der Waals surface area contributed by atoms with Crippen LogP contribution in [0.2, 0.25) is 0 Å². The van der Waals surface area contributed by atoms with Crippen LogP contribution in [0.25, 0.3) is 0 Å². The van der Waals surface area contributed by atoms with E-state index in [0.717, 1.165) is 18.4 Å². The van der Waals surface area contributed by atoms with Gasteiger partial charge in [0.05, 0.1) is 5.56 Å². The molecule has 0 unspecified atom stereocenters. The van der Waals surface area contributed by atoms with Crippen molar-refractivity contribution in [3.63, 3.8) is 0 Å². The normalized spacial score (nSPS) is 10.2. The first-order valence-corrected chi connectivity index (χ1v) is 6.69. The number of nitrogens with zero attached hydrogens (tertiary/aromatic N) is 1. The molecule has 104 valence electrons. The van der Waals surface area contributed by atoms with Gasteiger partial charge in [-0.05, 0) is 43.0 Å². The number of benzene rings is 1. The van der Waals surface area contributed by atoms with Crippen LogP contribution in [0.3, 0.4) is 0 Å². The number of carbonyl (C=O) groups excluding carboxylic acids is 1. The number of hydrogen-bond donors (Lipinski definition) is 1. The summed E-state index contributed by atoms with van der Waals surface area (Å²) < 4.78 is 13.4. The molecule has 0 fully saturated rings. The van der Waals surface area contributed by atoms with E-state index >= 15 is 0 Å². The minimum Gasteiger partial charge on any atom is -0.352 e. The predicted octanol–water partition coefficient (Wildman–Crippen LogP) is 2.97. The monoisotopic (exact) mass is 272 g/mol. The first-order chi connectivity index (χ1) is 9.77. The van der Waals surface area contributed by atoms with Crippen LogP contribution in [0.5, 0.6) is 0 Å². The van der Waals surface area contributed by atoms with Gasteiger partial charge in [0.2, 0.25) is 0 Å². The molecule has 20 heavy (non-hydrogen) atoms. The van der Waals surface area contributed by atoms with Crippen molar-refractivity contribution < 1.29 is 9.18 Å². The van der Waals surface area contributed by atoms with Gasteiger partial charge in [0.25, 0.3) is 5.91 Å². The molecule has 0 atom stereocenters. The van der Waals surface area contributed by atoms with E-state index in [0.29, 0.717) is 18.5 Å². The first-order valence-electron chi connectivity index (χ1n) is 6.69. The summed E-state index contributed by atoms with van der Waals surface area (Å²) >= 11 is 0. The van der Waals surface area contributed by atoms with Gasteiger partial charge in [-0.3, -0.25) is 9.78 Å². The largest absolute Gasteiger partial charge is 0.352 e. The van der Waals surface area contributed by atoms with E-state index in [9.17, 15) is 9.18 Å². The second-order valence-electron chi connectivity index (χ2n) is 4.55. The Morgan fingerprint density at radius 2 is 2.00 bits per heavy atom. The predicted molar refractivity (Wildman–Crippen MR) is 75.9 cm³/mol. The number of pyridine rings is 1. The number of halogens is 1. The molecule has 2 aromatic rings. The Morgan fingerprint density at radius 3 is 2.75 bits per heavy atom. The highest BCUT2D eigenvalue weighted by Crippen LogP contribution is 2.09. The summed E-state index contributed by atoms with van der Waals surface area (Å²) in [6.45, 7) is 0.585. The van der Waals surface area contributed by atoms with Gasteiger partial charge < -0.3 is 5.32 Å². The molecule has 2 rings (SSSR count). The quantitative estimate of drug-likeness (QED) is 0.821. The molecular formula is C16H17FN2O. The maximum Gasteiger partial charge on any atom is 0.252 e.